The lowest BCUT2D eigenvalue weighted by molar-refractivity contribution is -0.0418. The Morgan fingerprint density at radius 2 is 1.20 bits per heavy atom. The van der Waals surface area contributed by atoms with Crippen molar-refractivity contribution < 1.29 is 18.9 Å². The Balaban J connectivity index is 2.62. The van der Waals surface area contributed by atoms with Gasteiger partial charge in [-0.25, -0.2) is 0 Å². The molecule has 0 aliphatic carbocycles. The number of rotatable bonds is 6. The maximum absolute atomic E-state index is 5.43. The van der Waals surface area contributed by atoms with Gasteiger partial charge in [0.15, 0.2) is 0 Å². The van der Waals surface area contributed by atoms with Crippen molar-refractivity contribution in [2.75, 3.05) is 41.7 Å². The zero-order valence-electron chi connectivity index (χ0n) is 9.86. The van der Waals surface area contributed by atoms with Crippen LogP contribution in [-0.2, 0) is 18.9 Å². The van der Waals surface area contributed by atoms with E-state index in [9.17, 15) is 0 Å². The van der Waals surface area contributed by atoms with E-state index in [0.29, 0.717) is 13.2 Å². The Labute approximate surface area is 91.0 Å². The molecule has 1 rings (SSSR count). The van der Waals surface area contributed by atoms with Crippen molar-refractivity contribution in [3.63, 3.8) is 0 Å². The molecular formula is C10H21NO4. The highest BCUT2D eigenvalue weighted by molar-refractivity contribution is 4.99. The predicted octanol–water partition coefficient (Wildman–Crippen LogP) is -0.350. The van der Waals surface area contributed by atoms with Crippen LogP contribution in [0.25, 0.3) is 0 Å². The molecule has 0 bridgehead atoms. The first kappa shape index (κ1) is 12.9. The smallest absolute Gasteiger partial charge is 0.102 e. The average molecular weight is 219 g/mol. The molecule has 0 amide bonds. The van der Waals surface area contributed by atoms with Crippen LogP contribution >= 0.6 is 0 Å². The monoisotopic (exact) mass is 219 g/mol. The largest absolute Gasteiger partial charge is 0.383 e. The van der Waals surface area contributed by atoms with Crippen LogP contribution in [0.15, 0.2) is 0 Å². The van der Waals surface area contributed by atoms with E-state index in [1.807, 2.05) is 0 Å². The summed E-state index contributed by atoms with van der Waals surface area (Å²) in [6.07, 6.45) is 0.0187. The Morgan fingerprint density at radius 3 is 1.47 bits per heavy atom. The van der Waals surface area contributed by atoms with Gasteiger partial charge in [-0.1, -0.05) is 0 Å². The summed E-state index contributed by atoms with van der Waals surface area (Å²) in [6.45, 7) is 1.22. The third-order valence-electron chi connectivity index (χ3n) is 2.78. The number of nitrogens with one attached hydrogen (secondary N) is 1. The number of hydrogen-bond donors (Lipinski definition) is 1. The minimum atomic E-state index is 0.00935. The summed E-state index contributed by atoms with van der Waals surface area (Å²) < 4.78 is 21.1. The summed E-state index contributed by atoms with van der Waals surface area (Å²) in [5.74, 6) is 0. The van der Waals surface area contributed by atoms with Crippen LogP contribution in [0.3, 0.4) is 0 Å². The van der Waals surface area contributed by atoms with Gasteiger partial charge in [0.1, 0.15) is 12.2 Å². The second-order valence-electron chi connectivity index (χ2n) is 3.69. The molecule has 0 aromatic carbocycles. The van der Waals surface area contributed by atoms with E-state index in [1.165, 1.54) is 0 Å². The van der Waals surface area contributed by atoms with Gasteiger partial charge in [-0.2, -0.15) is 0 Å². The number of hydrogen-bond acceptors (Lipinski definition) is 5. The van der Waals surface area contributed by atoms with Gasteiger partial charge in [-0.05, 0) is 0 Å². The maximum Gasteiger partial charge on any atom is 0.102 e. The van der Waals surface area contributed by atoms with Crippen molar-refractivity contribution in [2.24, 2.45) is 0 Å². The van der Waals surface area contributed by atoms with Crippen LogP contribution in [0.4, 0.5) is 0 Å². The minimum Gasteiger partial charge on any atom is -0.383 e. The highest BCUT2D eigenvalue weighted by Gasteiger charge is 2.43. The lowest BCUT2D eigenvalue weighted by Crippen LogP contribution is -2.38. The van der Waals surface area contributed by atoms with Crippen LogP contribution in [0.2, 0.25) is 0 Å². The van der Waals surface area contributed by atoms with E-state index in [0.717, 1.165) is 0 Å². The highest BCUT2D eigenvalue weighted by Crippen LogP contribution is 2.20. The first-order valence-electron chi connectivity index (χ1n) is 5.08. The second kappa shape index (κ2) is 6.40. The lowest BCUT2D eigenvalue weighted by atomic mass is 10.1. The van der Waals surface area contributed by atoms with E-state index in [2.05, 4.69) is 5.32 Å². The fourth-order valence-electron chi connectivity index (χ4n) is 2.16. The summed E-state index contributed by atoms with van der Waals surface area (Å²) in [4.78, 5) is 0. The molecule has 1 heterocycles. The van der Waals surface area contributed by atoms with Crippen LogP contribution in [-0.4, -0.2) is 65.9 Å². The van der Waals surface area contributed by atoms with Crippen LogP contribution < -0.4 is 5.32 Å². The summed E-state index contributed by atoms with van der Waals surface area (Å²) in [7, 11) is 6.74. The van der Waals surface area contributed by atoms with Crippen molar-refractivity contribution in [1.29, 1.82) is 0 Å². The molecule has 15 heavy (non-hydrogen) atoms. The SMILES string of the molecule is COC[C@@H]1N[C@H](COC)C(OC)[C@@H]1OC. The Kier molecular flexibility index (Phi) is 5.49. The molecule has 4 atom stereocenters. The molecule has 0 saturated carbocycles. The average Bonchev–Trinajstić information content (AvgIpc) is 2.56. The molecule has 5 heteroatoms. The maximum atomic E-state index is 5.43. The molecular weight excluding hydrogens is 198 g/mol. The molecule has 5 nitrogen and oxygen atoms in total. The third-order valence-corrected chi connectivity index (χ3v) is 2.78. The standard InChI is InChI=1S/C10H21NO4/c1-12-5-7-9(14-3)10(15-4)8(11-7)6-13-2/h7-11H,5-6H2,1-4H3/t7-,8+,9+,10?/m0/s1. The summed E-state index contributed by atoms with van der Waals surface area (Å²) in [6, 6.07) is 0.315. The Bertz CT molecular complexity index is 161. The Morgan fingerprint density at radius 1 is 0.800 bits per heavy atom. The topological polar surface area (TPSA) is 49.0 Å². The van der Waals surface area contributed by atoms with Gasteiger partial charge in [0, 0.05) is 28.4 Å². The van der Waals surface area contributed by atoms with Crippen LogP contribution in [0, 0.1) is 0 Å². The van der Waals surface area contributed by atoms with Gasteiger partial charge in [-0.15, -0.1) is 0 Å². The Hall–Kier alpha value is -0.200. The van der Waals surface area contributed by atoms with Crippen molar-refractivity contribution in [3.8, 4) is 0 Å². The number of methoxy groups -OCH3 is 4. The first-order chi connectivity index (χ1) is 7.28. The summed E-state index contributed by atoms with van der Waals surface area (Å²) in [5.41, 5.74) is 0. The molecule has 0 radical (unpaired) electrons. The van der Waals surface area contributed by atoms with Crippen molar-refractivity contribution in [1.82, 2.24) is 5.32 Å². The van der Waals surface area contributed by atoms with Gasteiger partial charge in [0.25, 0.3) is 0 Å². The fourth-order valence-corrected chi connectivity index (χ4v) is 2.16. The van der Waals surface area contributed by atoms with E-state index >= 15 is 0 Å². The predicted molar refractivity (Wildman–Crippen MR) is 56.1 cm³/mol. The molecule has 0 aromatic rings. The summed E-state index contributed by atoms with van der Waals surface area (Å²) >= 11 is 0. The van der Waals surface area contributed by atoms with Crippen molar-refractivity contribution in [2.45, 2.75) is 24.3 Å². The van der Waals surface area contributed by atoms with Gasteiger partial charge in [-0.3, -0.25) is 0 Å². The molecule has 90 valence electrons. The highest BCUT2D eigenvalue weighted by atomic mass is 16.5. The van der Waals surface area contributed by atoms with E-state index in [4.69, 9.17) is 18.9 Å². The molecule has 1 aliphatic rings. The van der Waals surface area contributed by atoms with Gasteiger partial charge < -0.3 is 24.3 Å². The van der Waals surface area contributed by atoms with Crippen LogP contribution in [0.1, 0.15) is 0 Å². The zero-order chi connectivity index (χ0) is 11.3. The van der Waals surface area contributed by atoms with Crippen LogP contribution in [0.5, 0.6) is 0 Å². The molecule has 0 spiro atoms. The van der Waals surface area contributed by atoms with E-state index in [1.54, 1.807) is 28.4 Å². The molecule has 0 aromatic heterocycles. The van der Waals surface area contributed by atoms with Crippen molar-refractivity contribution in [3.05, 3.63) is 0 Å². The normalized spacial score (nSPS) is 36.0. The minimum absolute atomic E-state index is 0.00935. The zero-order valence-corrected chi connectivity index (χ0v) is 9.86. The van der Waals surface area contributed by atoms with Gasteiger partial charge >= 0.3 is 0 Å². The van der Waals surface area contributed by atoms with Crippen molar-refractivity contribution >= 4 is 0 Å². The quantitative estimate of drug-likeness (QED) is 0.661. The second-order valence-corrected chi connectivity index (χ2v) is 3.69. The number of ether oxygens (including phenoxy) is 4. The molecule has 1 N–H and O–H groups in total. The van der Waals surface area contributed by atoms with Gasteiger partial charge in [0.05, 0.1) is 25.3 Å². The summed E-state index contributed by atoms with van der Waals surface area (Å²) in [5, 5.41) is 3.39. The third kappa shape index (κ3) is 2.89. The fraction of sp³-hybridized carbons (Fsp3) is 1.00. The molecule has 1 fully saturated rings. The molecule has 1 saturated heterocycles. The molecule has 1 unspecified atom stereocenters. The van der Waals surface area contributed by atoms with Gasteiger partial charge in [0.2, 0.25) is 0 Å². The lowest BCUT2D eigenvalue weighted by Gasteiger charge is -2.22. The first-order valence-corrected chi connectivity index (χ1v) is 5.08. The molecule has 1 aliphatic heterocycles. The van der Waals surface area contributed by atoms with E-state index < -0.39 is 0 Å². The van der Waals surface area contributed by atoms with E-state index in [-0.39, 0.29) is 24.3 Å².